The predicted molar refractivity (Wildman–Crippen MR) is 75.7 cm³/mol. The Morgan fingerprint density at radius 2 is 1.85 bits per heavy atom. The number of ether oxygens (including phenoxy) is 1. The SMILES string of the molecule is COC[C@H](C)NC(=O)[C@@H](C)NS(=O)(=O)c1ccccc1. The third-order valence-corrected chi connectivity index (χ3v) is 4.14. The third-order valence-electron chi connectivity index (χ3n) is 2.58. The van der Waals surface area contributed by atoms with Crippen molar-refractivity contribution >= 4 is 15.9 Å². The maximum Gasteiger partial charge on any atom is 0.241 e. The van der Waals surface area contributed by atoms with Crippen molar-refractivity contribution in [1.82, 2.24) is 10.0 Å². The van der Waals surface area contributed by atoms with E-state index in [1.165, 1.54) is 26.2 Å². The van der Waals surface area contributed by atoms with E-state index in [-0.39, 0.29) is 10.9 Å². The minimum Gasteiger partial charge on any atom is -0.383 e. The lowest BCUT2D eigenvalue weighted by atomic mass is 10.3. The summed E-state index contributed by atoms with van der Waals surface area (Å²) in [6.45, 7) is 3.64. The molecule has 0 aliphatic carbocycles. The molecule has 0 unspecified atom stereocenters. The Balaban J connectivity index is 2.66. The van der Waals surface area contributed by atoms with E-state index in [4.69, 9.17) is 4.74 Å². The molecular formula is C13H20N2O4S. The van der Waals surface area contributed by atoms with Crippen molar-refractivity contribution in [2.75, 3.05) is 13.7 Å². The number of hydrogen-bond acceptors (Lipinski definition) is 4. The van der Waals surface area contributed by atoms with Crippen LogP contribution >= 0.6 is 0 Å². The number of rotatable bonds is 7. The molecule has 1 rings (SSSR count). The molecule has 0 heterocycles. The minimum atomic E-state index is -3.69. The van der Waals surface area contributed by atoms with E-state index >= 15 is 0 Å². The van der Waals surface area contributed by atoms with Gasteiger partial charge < -0.3 is 10.1 Å². The van der Waals surface area contributed by atoms with E-state index in [2.05, 4.69) is 10.0 Å². The summed E-state index contributed by atoms with van der Waals surface area (Å²) >= 11 is 0. The average Bonchev–Trinajstić information content (AvgIpc) is 2.39. The van der Waals surface area contributed by atoms with E-state index in [9.17, 15) is 13.2 Å². The van der Waals surface area contributed by atoms with Crippen molar-refractivity contribution in [1.29, 1.82) is 0 Å². The molecule has 0 aliphatic rings. The van der Waals surface area contributed by atoms with Crippen LogP contribution in [0.5, 0.6) is 0 Å². The van der Waals surface area contributed by atoms with Crippen molar-refractivity contribution in [2.45, 2.75) is 30.8 Å². The van der Waals surface area contributed by atoms with Crippen LogP contribution in [0.15, 0.2) is 35.2 Å². The summed E-state index contributed by atoms with van der Waals surface area (Å²) in [6.07, 6.45) is 0. The van der Waals surface area contributed by atoms with Crippen LogP contribution in [-0.4, -0.2) is 40.1 Å². The zero-order valence-electron chi connectivity index (χ0n) is 11.8. The van der Waals surface area contributed by atoms with Crippen LogP contribution in [0.2, 0.25) is 0 Å². The molecule has 0 fully saturated rings. The number of hydrogen-bond donors (Lipinski definition) is 2. The number of nitrogens with one attached hydrogen (secondary N) is 2. The number of methoxy groups -OCH3 is 1. The fourth-order valence-corrected chi connectivity index (χ4v) is 2.84. The highest BCUT2D eigenvalue weighted by Crippen LogP contribution is 2.07. The van der Waals surface area contributed by atoms with Gasteiger partial charge in [-0.05, 0) is 26.0 Å². The summed E-state index contributed by atoms with van der Waals surface area (Å²) in [5.41, 5.74) is 0. The van der Waals surface area contributed by atoms with Crippen LogP contribution in [0.3, 0.4) is 0 Å². The van der Waals surface area contributed by atoms with Gasteiger partial charge in [0.1, 0.15) is 0 Å². The first-order chi connectivity index (χ1) is 9.36. The van der Waals surface area contributed by atoms with Gasteiger partial charge in [0, 0.05) is 13.2 Å². The summed E-state index contributed by atoms with van der Waals surface area (Å²) in [7, 11) is -2.16. The van der Waals surface area contributed by atoms with Crippen molar-refractivity contribution in [3.8, 4) is 0 Å². The van der Waals surface area contributed by atoms with Crippen LogP contribution in [-0.2, 0) is 19.6 Å². The first-order valence-corrected chi connectivity index (χ1v) is 7.72. The number of carbonyl (C=O) groups excluding carboxylic acids is 1. The van der Waals surface area contributed by atoms with Crippen molar-refractivity contribution in [2.24, 2.45) is 0 Å². The molecule has 1 aromatic carbocycles. The van der Waals surface area contributed by atoms with Gasteiger partial charge in [-0.1, -0.05) is 18.2 Å². The lowest BCUT2D eigenvalue weighted by molar-refractivity contribution is -0.123. The molecule has 0 spiro atoms. The molecule has 0 aliphatic heterocycles. The van der Waals surface area contributed by atoms with Gasteiger partial charge in [-0.15, -0.1) is 0 Å². The molecular weight excluding hydrogens is 280 g/mol. The van der Waals surface area contributed by atoms with E-state index < -0.39 is 22.0 Å². The second-order valence-corrected chi connectivity index (χ2v) is 6.23. The highest BCUT2D eigenvalue weighted by molar-refractivity contribution is 7.89. The van der Waals surface area contributed by atoms with Crippen LogP contribution in [0, 0.1) is 0 Å². The van der Waals surface area contributed by atoms with Gasteiger partial charge in [-0.2, -0.15) is 4.72 Å². The van der Waals surface area contributed by atoms with Crippen molar-refractivity contribution in [3.63, 3.8) is 0 Å². The molecule has 2 N–H and O–H groups in total. The van der Waals surface area contributed by atoms with E-state index in [1.54, 1.807) is 25.1 Å². The first kappa shape index (κ1) is 16.6. The smallest absolute Gasteiger partial charge is 0.241 e. The molecule has 112 valence electrons. The van der Waals surface area contributed by atoms with Gasteiger partial charge >= 0.3 is 0 Å². The molecule has 1 amide bonds. The number of benzene rings is 1. The second kappa shape index (κ2) is 7.37. The van der Waals surface area contributed by atoms with Crippen LogP contribution < -0.4 is 10.0 Å². The molecule has 20 heavy (non-hydrogen) atoms. The summed E-state index contributed by atoms with van der Waals surface area (Å²) in [6, 6.07) is 6.87. The van der Waals surface area contributed by atoms with E-state index in [0.29, 0.717) is 6.61 Å². The number of carbonyl (C=O) groups is 1. The Kier molecular flexibility index (Phi) is 6.12. The third kappa shape index (κ3) is 4.92. The van der Waals surface area contributed by atoms with Gasteiger partial charge in [0.15, 0.2) is 0 Å². The quantitative estimate of drug-likeness (QED) is 0.768. The normalized spacial score (nSPS) is 14.6. The maximum atomic E-state index is 12.0. The monoisotopic (exact) mass is 300 g/mol. The fourth-order valence-electron chi connectivity index (χ4n) is 1.61. The largest absolute Gasteiger partial charge is 0.383 e. The standard InChI is InChI=1S/C13H20N2O4S/c1-10(9-19-3)14-13(16)11(2)15-20(17,18)12-7-5-4-6-8-12/h4-8,10-11,15H,9H2,1-3H3,(H,14,16)/t10-,11+/m0/s1. The fraction of sp³-hybridized carbons (Fsp3) is 0.462. The number of sulfonamides is 1. The van der Waals surface area contributed by atoms with Gasteiger partial charge in [0.25, 0.3) is 0 Å². The Morgan fingerprint density at radius 3 is 2.40 bits per heavy atom. The molecule has 0 bridgehead atoms. The topological polar surface area (TPSA) is 84.5 Å². The van der Waals surface area contributed by atoms with Crippen LogP contribution in [0.1, 0.15) is 13.8 Å². The average molecular weight is 300 g/mol. The summed E-state index contributed by atoms with van der Waals surface area (Å²) in [4.78, 5) is 12.0. The van der Waals surface area contributed by atoms with E-state index in [1.807, 2.05) is 0 Å². The Morgan fingerprint density at radius 1 is 1.25 bits per heavy atom. The molecule has 0 aromatic heterocycles. The molecule has 0 saturated heterocycles. The molecule has 0 saturated carbocycles. The first-order valence-electron chi connectivity index (χ1n) is 6.23. The van der Waals surface area contributed by atoms with Gasteiger partial charge in [-0.25, -0.2) is 8.42 Å². The zero-order chi connectivity index (χ0) is 15.2. The van der Waals surface area contributed by atoms with Crippen LogP contribution in [0.4, 0.5) is 0 Å². The van der Waals surface area contributed by atoms with Crippen molar-refractivity contribution < 1.29 is 17.9 Å². The molecule has 0 radical (unpaired) electrons. The van der Waals surface area contributed by atoms with Crippen molar-refractivity contribution in [3.05, 3.63) is 30.3 Å². The molecule has 7 heteroatoms. The number of amides is 1. The maximum absolute atomic E-state index is 12.0. The molecule has 6 nitrogen and oxygen atoms in total. The zero-order valence-corrected chi connectivity index (χ0v) is 12.6. The van der Waals surface area contributed by atoms with Gasteiger partial charge in [0.2, 0.25) is 15.9 Å². The molecule has 2 atom stereocenters. The Hall–Kier alpha value is -1.44. The summed E-state index contributed by atoms with van der Waals surface area (Å²) in [5, 5.41) is 2.66. The predicted octanol–water partition coefficient (Wildman–Crippen LogP) is 0.504. The van der Waals surface area contributed by atoms with Gasteiger partial charge in [-0.3, -0.25) is 4.79 Å². The highest BCUT2D eigenvalue weighted by atomic mass is 32.2. The summed E-state index contributed by atoms with van der Waals surface area (Å²) in [5.74, 6) is -0.394. The van der Waals surface area contributed by atoms with Crippen LogP contribution in [0.25, 0.3) is 0 Å². The molecule has 1 aromatic rings. The lowest BCUT2D eigenvalue weighted by Crippen LogP contribution is -2.48. The highest BCUT2D eigenvalue weighted by Gasteiger charge is 2.22. The Bertz CT molecular complexity index is 531. The second-order valence-electron chi connectivity index (χ2n) is 4.52. The Labute approximate surface area is 119 Å². The minimum absolute atomic E-state index is 0.129. The lowest BCUT2D eigenvalue weighted by Gasteiger charge is -2.18. The van der Waals surface area contributed by atoms with E-state index in [0.717, 1.165) is 0 Å². The van der Waals surface area contributed by atoms with Gasteiger partial charge in [0.05, 0.1) is 17.5 Å². The summed E-state index contributed by atoms with van der Waals surface area (Å²) < 4.78 is 31.3.